The molecule has 1 aliphatic carbocycles. The fourth-order valence-corrected chi connectivity index (χ4v) is 3.25. The molecule has 0 radical (unpaired) electrons. The molecule has 1 rings (SSSR count). The highest BCUT2D eigenvalue weighted by molar-refractivity contribution is 7.87. The van der Waals surface area contributed by atoms with E-state index in [1.165, 1.54) is 14.1 Å². The Hall–Kier alpha value is -0.690. The molecule has 1 saturated carbocycles. The zero-order valence-electron chi connectivity index (χ0n) is 10.7. The van der Waals surface area contributed by atoms with Crippen molar-refractivity contribution in [2.75, 3.05) is 14.1 Å². The van der Waals surface area contributed by atoms with Gasteiger partial charge in [-0.3, -0.25) is 9.35 Å². The molecule has 1 amide bonds. The zero-order chi connectivity index (χ0) is 14.0. The minimum absolute atomic E-state index is 0.172. The standard InChI is InChI=1S/C11H20FNO4S/c1-13(2)10(14)11(12,18(15,16)17)8-9-6-4-3-5-7-9/h9H,3-8H2,1-2H3,(H,15,16,17). The molecule has 0 aromatic heterocycles. The predicted molar refractivity (Wildman–Crippen MR) is 65.3 cm³/mol. The van der Waals surface area contributed by atoms with Gasteiger partial charge in [0.15, 0.2) is 0 Å². The maximum atomic E-state index is 14.5. The molecule has 5 nitrogen and oxygen atoms in total. The van der Waals surface area contributed by atoms with Gasteiger partial charge in [0.2, 0.25) is 0 Å². The van der Waals surface area contributed by atoms with E-state index in [1.807, 2.05) is 0 Å². The third-order valence-corrected chi connectivity index (χ3v) is 4.57. The molecule has 18 heavy (non-hydrogen) atoms. The average molecular weight is 281 g/mol. The molecule has 0 bridgehead atoms. The summed E-state index contributed by atoms with van der Waals surface area (Å²) < 4.78 is 45.9. The quantitative estimate of drug-likeness (QED) is 0.794. The van der Waals surface area contributed by atoms with Crippen LogP contribution >= 0.6 is 0 Å². The molecule has 0 saturated heterocycles. The van der Waals surface area contributed by atoms with E-state index in [-0.39, 0.29) is 5.92 Å². The first-order valence-corrected chi connectivity index (χ1v) is 7.50. The zero-order valence-corrected chi connectivity index (χ0v) is 11.5. The lowest BCUT2D eigenvalue weighted by Crippen LogP contribution is -2.49. The summed E-state index contributed by atoms with van der Waals surface area (Å²) in [5.41, 5.74) is 0. The van der Waals surface area contributed by atoms with Crippen molar-refractivity contribution in [2.24, 2.45) is 5.92 Å². The lowest BCUT2D eigenvalue weighted by Gasteiger charge is -2.30. The van der Waals surface area contributed by atoms with Crippen LogP contribution in [-0.2, 0) is 14.9 Å². The molecular formula is C11H20FNO4S. The van der Waals surface area contributed by atoms with Gasteiger partial charge in [0.25, 0.3) is 5.91 Å². The normalized spacial score (nSPS) is 21.3. The summed E-state index contributed by atoms with van der Waals surface area (Å²) in [6.07, 6.45) is 3.79. The van der Waals surface area contributed by atoms with Crippen molar-refractivity contribution in [1.82, 2.24) is 4.90 Å². The second-order valence-electron chi connectivity index (χ2n) is 5.11. The van der Waals surface area contributed by atoms with Crippen LogP contribution < -0.4 is 0 Å². The molecule has 0 heterocycles. The summed E-state index contributed by atoms with van der Waals surface area (Å²) in [5.74, 6) is -1.38. The highest BCUT2D eigenvalue weighted by Gasteiger charge is 2.53. The Bertz CT molecular complexity index is 403. The highest BCUT2D eigenvalue weighted by Crippen LogP contribution is 2.36. The second kappa shape index (κ2) is 5.52. The highest BCUT2D eigenvalue weighted by atomic mass is 32.2. The fourth-order valence-electron chi connectivity index (χ4n) is 2.40. The van der Waals surface area contributed by atoms with Crippen LogP contribution in [0.4, 0.5) is 4.39 Å². The van der Waals surface area contributed by atoms with E-state index in [4.69, 9.17) is 4.55 Å². The van der Waals surface area contributed by atoms with Crippen molar-refractivity contribution < 1.29 is 22.2 Å². The Morgan fingerprint density at radius 1 is 1.33 bits per heavy atom. The first-order valence-electron chi connectivity index (χ1n) is 6.06. The fraction of sp³-hybridized carbons (Fsp3) is 0.909. The van der Waals surface area contributed by atoms with Crippen LogP contribution in [0, 0.1) is 5.92 Å². The van der Waals surface area contributed by atoms with Crippen molar-refractivity contribution in [2.45, 2.75) is 43.5 Å². The topological polar surface area (TPSA) is 74.7 Å². The number of amides is 1. The maximum Gasteiger partial charge on any atom is 0.312 e. The molecule has 0 aromatic carbocycles. The molecule has 1 aliphatic rings. The van der Waals surface area contributed by atoms with Gasteiger partial charge in [-0.05, 0) is 5.92 Å². The molecule has 1 unspecified atom stereocenters. The van der Waals surface area contributed by atoms with Crippen molar-refractivity contribution in [1.29, 1.82) is 0 Å². The Morgan fingerprint density at radius 3 is 2.22 bits per heavy atom. The van der Waals surface area contributed by atoms with E-state index >= 15 is 0 Å². The monoisotopic (exact) mass is 281 g/mol. The van der Waals surface area contributed by atoms with Crippen LogP contribution in [0.15, 0.2) is 0 Å². The van der Waals surface area contributed by atoms with Gasteiger partial charge < -0.3 is 4.90 Å². The number of hydrogen-bond donors (Lipinski definition) is 1. The van der Waals surface area contributed by atoms with E-state index < -0.39 is 27.4 Å². The van der Waals surface area contributed by atoms with Crippen LogP contribution in [0.25, 0.3) is 0 Å². The van der Waals surface area contributed by atoms with Crippen LogP contribution in [0.3, 0.4) is 0 Å². The minimum Gasteiger partial charge on any atom is -0.345 e. The first-order chi connectivity index (χ1) is 8.18. The molecular weight excluding hydrogens is 261 g/mol. The SMILES string of the molecule is CN(C)C(=O)C(F)(CC1CCCCC1)S(=O)(=O)O. The van der Waals surface area contributed by atoms with Gasteiger partial charge in [0, 0.05) is 20.5 Å². The Kier molecular flexibility index (Phi) is 4.72. The summed E-state index contributed by atoms with van der Waals surface area (Å²) in [5, 5.41) is -3.21. The summed E-state index contributed by atoms with van der Waals surface area (Å²) in [7, 11) is -2.53. The summed E-state index contributed by atoms with van der Waals surface area (Å²) >= 11 is 0. The molecule has 7 heteroatoms. The summed E-state index contributed by atoms with van der Waals surface area (Å²) in [6, 6.07) is 0. The lowest BCUT2D eigenvalue weighted by atomic mass is 9.85. The molecule has 0 spiro atoms. The Morgan fingerprint density at radius 2 is 1.83 bits per heavy atom. The Balaban J connectivity index is 2.94. The number of halogens is 1. The van der Waals surface area contributed by atoms with Gasteiger partial charge in [-0.15, -0.1) is 0 Å². The molecule has 0 aromatic rings. The molecule has 1 N–H and O–H groups in total. The van der Waals surface area contributed by atoms with Crippen molar-refractivity contribution in [3.8, 4) is 0 Å². The third kappa shape index (κ3) is 3.20. The van der Waals surface area contributed by atoms with Gasteiger partial charge in [0.05, 0.1) is 0 Å². The number of hydrogen-bond acceptors (Lipinski definition) is 3. The summed E-state index contributed by atoms with van der Waals surface area (Å²) in [6.45, 7) is 0. The van der Waals surface area contributed by atoms with Crippen molar-refractivity contribution >= 4 is 16.0 Å². The molecule has 106 valence electrons. The minimum atomic E-state index is -5.07. The average Bonchev–Trinajstić information content (AvgIpc) is 2.27. The van der Waals surface area contributed by atoms with Crippen molar-refractivity contribution in [3.63, 3.8) is 0 Å². The van der Waals surface area contributed by atoms with Gasteiger partial charge >= 0.3 is 15.1 Å². The number of alkyl halides is 1. The van der Waals surface area contributed by atoms with Crippen LogP contribution in [0.1, 0.15) is 38.5 Å². The number of carbonyl (C=O) groups is 1. The van der Waals surface area contributed by atoms with Gasteiger partial charge in [0.1, 0.15) is 0 Å². The predicted octanol–water partition coefficient (Wildman–Crippen LogP) is 1.60. The van der Waals surface area contributed by atoms with Gasteiger partial charge in [-0.1, -0.05) is 32.1 Å². The van der Waals surface area contributed by atoms with Crippen LogP contribution in [0.5, 0.6) is 0 Å². The van der Waals surface area contributed by atoms with Gasteiger partial charge in [-0.25, -0.2) is 4.39 Å². The van der Waals surface area contributed by atoms with E-state index in [2.05, 4.69) is 0 Å². The van der Waals surface area contributed by atoms with E-state index in [9.17, 15) is 17.6 Å². The summed E-state index contributed by atoms with van der Waals surface area (Å²) in [4.78, 5) is 12.6. The third-order valence-electron chi connectivity index (χ3n) is 3.41. The lowest BCUT2D eigenvalue weighted by molar-refractivity contribution is -0.137. The Labute approximate surface area is 107 Å². The number of nitrogens with zero attached hydrogens (tertiary/aromatic N) is 1. The second-order valence-corrected chi connectivity index (χ2v) is 6.71. The number of rotatable bonds is 4. The van der Waals surface area contributed by atoms with Crippen LogP contribution in [0.2, 0.25) is 0 Å². The number of carbonyl (C=O) groups excluding carboxylic acids is 1. The van der Waals surface area contributed by atoms with Crippen LogP contribution in [-0.4, -0.2) is 42.9 Å². The molecule has 1 fully saturated rings. The maximum absolute atomic E-state index is 14.5. The first kappa shape index (κ1) is 15.4. The smallest absolute Gasteiger partial charge is 0.312 e. The van der Waals surface area contributed by atoms with E-state index in [0.717, 1.165) is 24.2 Å². The largest absolute Gasteiger partial charge is 0.345 e. The van der Waals surface area contributed by atoms with Gasteiger partial charge in [-0.2, -0.15) is 8.42 Å². The molecule has 0 aliphatic heterocycles. The van der Waals surface area contributed by atoms with Crippen molar-refractivity contribution in [3.05, 3.63) is 0 Å². The van der Waals surface area contributed by atoms with E-state index in [1.54, 1.807) is 0 Å². The van der Waals surface area contributed by atoms with E-state index in [0.29, 0.717) is 12.8 Å². The molecule has 1 atom stereocenters.